The molecule has 0 bridgehead atoms. The summed E-state index contributed by atoms with van der Waals surface area (Å²) in [6.45, 7) is 4.90. The largest absolute Gasteiger partial charge is 0.350 e. The third kappa shape index (κ3) is 5.10. The molecule has 4 nitrogen and oxygen atoms in total. The molecule has 2 rings (SSSR count). The Morgan fingerprint density at radius 2 is 1.75 bits per heavy atom. The summed E-state index contributed by atoms with van der Waals surface area (Å²) in [5.74, 6) is -0.262. The molecule has 0 heterocycles. The van der Waals surface area contributed by atoms with Crippen LogP contribution in [0.4, 0.5) is 0 Å². The van der Waals surface area contributed by atoms with Crippen molar-refractivity contribution in [3.63, 3.8) is 0 Å². The highest BCUT2D eigenvalue weighted by atomic mass is 35.5. The van der Waals surface area contributed by atoms with E-state index in [1.54, 1.807) is 29.2 Å². The van der Waals surface area contributed by atoms with Gasteiger partial charge >= 0.3 is 0 Å². The van der Waals surface area contributed by atoms with E-state index in [1.165, 1.54) is 12.5 Å². The summed E-state index contributed by atoms with van der Waals surface area (Å²) < 4.78 is 0. The highest BCUT2D eigenvalue weighted by Crippen LogP contribution is 2.14. The van der Waals surface area contributed by atoms with Crippen molar-refractivity contribution in [3.05, 3.63) is 70.2 Å². The lowest BCUT2D eigenvalue weighted by Gasteiger charge is -2.21. The Morgan fingerprint density at radius 3 is 2.38 bits per heavy atom. The molecule has 2 amide bonds. The molecule has 0 saturated carbocycles. The Labute approximate surface area is 147 Å². The van der Waals surface area contributed by atoms with Gasteiger partial charge in [-0.25, -0.2) is 0 Å². The summed E-state index contributed by atoms with van der Waals surface area (Å²) in [4.78, 5) is 25.6. The van der Waals surface area contributed by atoms with E-state index >= 15 is 0 Å². The first-order valence-electron chi connectivity index (χ1n) is 7.81. The fourth-order valence-electron chi connectivity index (χ4n) is 2.31. The number of halogens is 1. The predicted octanol–water partition coefficient (Wildman–Crippen LogP) is 3.43. The second kappa shape index (κ2) is 8.50. The zero-order valence-electron chi connectivity index (χ0n) is 13.9. The maximum atomic E-state index is 12.1. The van der Waals surface area contributed by atoms with Crippen LogP contribution in [-0.2, 0) is 11.3 Å². The number of nitrogens with zero attached hydrogens (tertiary/aromatic N) is 1. The number of aryl methyl sites for hydroxylation is 1. The van der Waals surface area contributed by atoms with E-state index in [4.69, 9.17) is 11.6 Å². The third-order valence-electron chi connectivity index (χ3n) is 3.73. The normalized spacial score (nSPS) is 10.3. The van der Waals surface area contributed by atoms with Gasteiger partial charge in [0.05, 0.1) is 10.6 Å². The van der Waals surface area contributed by atoms with Crippen LogP contribution in [0.5, 0.6) is 0 Å². The molecule has 0 aliphatic heterocycles. The molecule has 1 N–H and O–H groups in total. The van der Waals surface area contributed by atoms with E-state index < -0.39 is 0 Å². The van der Waals surface area contributed by atoms with Crippen molar-refractivity contribution in [1.82, 2.24) is 10.2 Å². The van der Waals surface area contributed by atoms with E-state index in [0.717, 1.165) is 5.56 Å². The molecule has 0 unspecified atom stereocenters. The van der Waals surface area contributed by atoms with E-state index in [0.29, 0.717) is 30.2 Å². The Bertz CT molecular complexity index is 714. The monoisotopic (exact) mass is 344 g/mol. The van der Waals surface area contributed by atoms with Crippen molar-refractivity contribution in [2.24, 2.45) is 0 Å². The average Bonchev–Trinajstić information content (AvgIpc) is 2.56. The Hall–Kier alpha value is -2.33. The lowest BCUT2D eigenvalue weighted by atomic mass is 10.1. The van der Waals surface area contributed by atoms with Crippen molar-refractivity contribution >= 4 is 23.4 Å². The third-order valence-corrected chi connectivity index (χ3v) is 4.05. The van der Waals surface area contributed by atoms with Gasteiger partial charge in [-0.05, 0) is 24.6 Å². The molecule has 0 aromatic heterocycles. The van der Waals surface area contributed by atoms with Crippen LogP contribution in [0, 0.1) is 6.92 Å². The van der Waals surface area contributed by atoms with Gasteiger partial charge in [-0.3, -0.25) is 9.59 Å². The molecule has 0 spiro atoms. The molecule has 0 atom stereocenters. The second-order valence-electron chi connectivity index (χ2n) is 5.66. The molecular formula is C19H21ClN2O2. The summed E-state index contributed by atoms with van der Waals surface area (Å²) >= 11 is 6.01. The summed E-state index contributed by atoms with van der Waals surface area (Å²) in [6, 6.07) is 14.9. The fourth-order valence-corrected chi connectivity index (χ4v) is 2.53. The molecule has 0 radical (unpaired) electrons. The van der Waals surface area contributed by atoms with Crippen molar-refractivity contribution < 1.29 is 9.59 Å². The van der Waals surface area contributed by atoms with Gasteiger partial charge in [0.1, 0.15) is 0 Å². The molecule has 2 aromatic rings. The number of benzene rings is 2. The van der Waals surface area contributed by atoms with Gasteiger partial charge in [0.25, 0.3) is 5.91 Å². The molecule has 0 aliphatic rings. The molecule has 24 heavy (non-hydrogen) atoms. The number of nitrogens with one attached hydrogen (secondary N) is 1. The van der Waals surface area contributed by atoms with Crippen LogP contribution in [0.15, 0.2) is 48.5 Å². The van der Waals surface area contributed by atoms with Crippen LogP contribution < -0.4 is 5.32 Å². The minimum atomic E-state index is -0.237. The molecule has 2 aromatic carbocycles. The molecule has 5 heteroatoms. The first-order valence-corrected chi connectivity index (χ1v) is 8.19. The molecule has 0 saturated heterocycles. The van der Waals surface area contributed by atoms with Crippen LogP contribution >= 0.6 is 11.6 Å². The summed E-state index contributed by atoms with van der Waals surface area (Å²) in [7, 11) is 0. The smallest absolute Gasteiger partial charge is 0.252 e. The number of hydrogen-bond acceptors (Lipinski definition) is 2. The van der Waals surface area contributed by atoms with E-state index in [1.807, 2.05) is 31.2 Å². The molecular weight excluding hydrogens is 324 g/mol. The number of carbonyl (C=O) groups is 2. The van der Waals surface area contributed by atoms with Gasteiger partial charge in [0, 0.05) is 26.6 Å². The quantitative estimate of drug-likeness (QED) is 0.872. The maximum Gasteiger partial charge on any atom is 0.252 e. The zero-order chi connectivity index (χ0) is 17.5. The zero-order valence-corrected chi connectivity index (χ0v) is 14.6. The Kier molecular flexibility index (Phi) is 6.38. The molecule has 126 valence electrons. The summed E-state index contributed by atoms with van der Waals surface area (Å²) in [5, 5.41) is 3.22. The van der Waals surface area contributed by atoms with Crippen LogP contribution in [0.3, 0.4) is 0 Å². The van der Waals surface area contributed by atoms with Crippen LogP contribution in [0.1, 0.15) is 28.4 Å². The molecule has 0 aliphatic carbocycles. The van der Waals surface area contributed by atoms with Gasteiger partial charge < -0.3 is 10.2 Å². The molecule has 0 fully saturated rings. The average molecular weight is 345 g/mol. The lowest BCUT2D eigenvalue weighted by molar-refractivity contribution is -0.129. The van der Waals surface area contributed by atoms with Crippen LogP contribution in [0.2, 0.25) is 5.02 Å². The van der Waals surface area contributed by atoms with Gasteiger partial charge in [-0.2, -0.15) is 0 Å². The number of carbonyl (C=O) groups excluding carboxylic acids is 2. The van der Waals surface area contributed by atoms with E-state index in [9.17, 15) is 9.59 Å². The van der Waals surface area contributed by atoms with Crippen LogP contribution in [0.25, 0.3) is 0 Å². The standard InChI is InChI=1S/C19H21ClN2O2/c1-14-7-9-16(10-8-14)13-22(15(2)23)12-11-21-19(24)17-5-3-4-6-18(17)20/h3-10H,11-13H2,1-2H3,(H,21,24). The van der Waals surface area contributed by atoms with Gasteiger partial charge in [0.15, 0.2) is 0 Å². The van der Waals surface area contributed by atoms with E-state index in [-0.39, 0.29) is 11.8 Å². The minimum Gasteiger partial charge on any atom is -0.350 e. The minimum absolute atomic E-state index is 0.0254. The number of rotatable bonds is 6. The van der Waals surface area contributed by atoms with Crippen molar-refractivity contribution in [2.75, 3.05) is 13.1 Å². The first-order chi connectivity index (χ1) is 11.5. The van der Waals surface area contributed by atoms with Crippen molar-refractivity contribution in [1.29, 1.82) is 0 Å². The number of hydrogen-bond donors (Lipinski definition) is 1. The van der Waals surface area contributed by atoms with Crippen molar-refractivity contribution in [3.8, 4) is 0 Å². The fraction of sp³-hybridized carbons (Fsp3) is 0.263. The van der Waals surface area contributed by atoms with E-state index in [2.05, 4.69) is 5.32 Å². The maximum absolute atomic E-state index is 12.1. The second-order valence-corrected chi connectivity index (χ2v) is 6.07. The Morgan fingerprint density at radius 1 is 1.08 bits per heavy atom. The summed E-state index contributed by atoms with van der Waals surface area (Å²) in [6.07, 6.45) is 0. The topological polar surface area (TPSA) is 49.4 Å². The van der Waals surface area contributed by atoms with Gasteiger partial charge in [-0.1, -0.05) is 53.6 Å². The SMILES string of the molecule is CC(=O)N(CCNC(=O)c1ccccc1Cl)Cc1ccc(C)cc1. The highest BCUT2D eigenvalue weighted by Gasteiger charge is 2.12. The summed E-state index contributed by atoms with van der Waals surface area (Å²) in [5.41, 5.74) is 2.68. The van der Waals surface area contributed by atoms with Gasteiger partial charge in [0.2, 0.25) is 5.91 Å². The Balaban J connectivity index is 1.90. The predicted molar refractivity (Wildman–Crippen MR) is 96.1 cm³/mol. The van der Waals surface area contributed by atoms with Crippen LogP contribution in [-0.4, -0.2) is 29.8 Å². The van der Waals surface area contributed by atoms with Gasteiger partial charge in [-0.15, -0.1) is 0 Å². The highest BCUT2D eigenvalue weighted by molar-refractivity contribution is 6.33. The lowest BCUT2D eigenvalue weighted by Crippen LogP contribution is -2.37. The first kappa shape index (κ1) is 18.0. The van der Waals surface area contributed by atoms with Crippen molar-refractivity contribution in [2.45, 2.75) is 20.4 Å². The number of amides is 2.